The molecular weight excluding hydrogens is 404 g/mol. The van der Waals surface area contributed by atoms with Gasteiger partial charge in [-0.15, -0.1) is 0 Å². The summed E-state index contributed by atoms with van der Waals surface area (Å²) in [6.07, 6.45) is 19.0. The third kappa shape index (κ3) is 4.06. The first-order valence-corrected chi connectivity index (χ1v) is 13.6. The minimum Gasteiger partial charge on any atom is -0.360 e. The lowest BCUT2D eigenvalue weighted by Gasteiger charge is -2.56. The fraction of sp³-hybridized carbons (Fsp3) is 0.920. The van der Waals surface area contributed by atoms with Gasteiger partial charge in [-0.2, -0.15) is 0 Å². The van der Waals surface area contributed by atoms with Crippen LogP contribution in [0.2, 0.25) is 0 Å². The topological polar surface area (TPSA) is 56.4 Å². The second-order valence-electron chi connectivity index (χ2n) is 12.0. The summed E-state index contributed by atoms with van der Waals surface area (Å²) in [5.74, 6) is 2.59. The number of hydrogen-bond acceptors (Lipinski definition) is 2. The highest BCUT2D eigenvalue weighted by molar-refractivity contribution is 7.80. The van der Waals surface area contributed by atoms with E-state index < -0.39 is 0 Å². The van der Waals surface area contributed by atoms with Crippen LogP contribution >= 0.6 is 12.2 Å². The lowest BCUT2D eigenvalue weighted by molar-refractivity contribution is -0.0138. The molecule has 31 heavy (non-hydrogen) atoms. The van der Waals surface area contributed by atoms with Crippen molar-refractivity contribution in [1.29, 1.82) is 0 Å². The Morgan fingerprint density at radius 3 is 1.90 bits per heavy atom. The van der Waals surface area contributed by atoms with Crippen LogP contribution in [0.4, 0.5) is 4.79 Å². The standard InChI is InChI=1S/C25H40N4OS/c30-23(28-25-13-16-8-17(14-25)10-18(9-16)15-25)26-20-11-21-6-7-22(12-20)29(21)24(31)27-19-4-2-1-3-5-19/h16-22H,1-15H2,(H,27,31)(H2,26,28,30)/t16?,17?,18?,20?,21-,22+,25?. The number of amides is 2. The minimum atomic E-state index is 0.0997. The van der Waals surface area contributed by atoms with Crippen molar-refractivity contribution >= 4 is 23.4 Å². The molecule has 7 fully saturated rings. The first-order chi connectivity index (χ1) is 15.1. The molecular formula is C25H40N4OS. The summed E-state index contributed by atoms with van der Waals surface area (Å²) in [7, 11) is 0. The quantitative estimate of drug-likeness (QED) is 0.563. The van der Waals surface area contributed by atoms with Crippen LogP contribution in [0.1, 0.15) is 96.3 Å². The first kappa shape index (κ1) is 20.6. The molecule has 2 aliphatic heterocycles. The van der Waals surface area contributed by atoms with Gasteiger partial charge in [-0.3, -0.25) is 0 Å². The van der Waals surface area contributed by atoms with Crippen molar-refractivity contribution in [2.75, 3.05) is 0 Å². The SMILES string of the molecule is O=C(NC1C[C@H]2CC[C@@H](C1)N2C(=S)NC1CCCCC1)NC12CC3CC(CC(C3)C1)C2. The Morgan fingerprint density at radius 2 is 1.32 bits per heavy atom. The van der Waals surface area contributed by atoms with Crippen LogP contribution in [0, 0.1) is 17.8 Å². The van der Waals surface area contributed by atoms with E-state index in [2.05, 4.69) is 20.9 Å². The molecule has 7 rings (SSSR count). The van der Waals surface area contributed by atoms with E-state index in [0.717, 1.165) is 35.7 Å². The van der Waals surface area contributed by atoms with Crippen molar-refractivity contribution in [3.05, 3.63) is 0 Å². The molecule has 6 bridgehead atoms. The molecule has 1 unspecified atom stereocenters. The summed E-state index contributed by atoms with van der Waals surface area (Å²) in [5.41, 5.74) is 0.101. The minimum absolute atomic E-state index is 0.0997. The van der Waals surface area contributed by atoms with Gasteiger partial charge in [-0.25, -0.2) is 4.79 Å². The van der Waals surface area contributed by atoms with Gasteiger partial charge < -0.3 is 20.9 Å². The molecule has 2 saturated heterocycles. The number of nitrogens with one attached hydrogen (secondary N) is 3. The van der Waals surface area contributed by atoms with E-state index in [1.54, 1.807) is 0 Å². The maximum absolute atomic E-state index is 13.0. The average molecular weight is 445 g/mol. The van der Waals surface area contributed by atoms with Crippen LogP contribution in [-0.4, -0.2) is 45.7 Å². The lowest BCUT2D eigenvalue weighted by Crippen LogP contribution is -2.63. The monoisotopic (exact) mass is 444 g/mol. The number of nitrogens with zero attached hydrogens (tertiary/aromatic N) is 1. The van der Waals surface area contributed by atoms with E-state index in [0.29, 0.717) is 24.2 Å². The summed E-state index contributed by atoms with van der Waals surface area (Å²) in [4.78, 5) is 15.5. The molecule has 0 aromatic carbocycles. The number of urea groups is 1. The van der Waals surface area contributed by atoms with Crippen LogP contribution in [0.25, 0.3) is 0 Å². The van der Waals surface area contributed by atoms with E-state index in [-0.39, 0.29) is 11.6 Å². The van der Waals surface area contributed by atoms with E-state index in [1.807, 2.05) is 0 Å². The third-order valence-corrected chi connectivity index (χ3v) is 9.98. The van der Waals surface area contributed by atoms with Gasteiger partial charge in [0.2, 0.25) is 0 Å². The van der Waals surface area contributed by atoms with Crippen molar-refractivity contribution in [2.45, 2.75) is 126 Å². The molecule has 2 amide bonds. The van der Waals surface area contributed by atoms with E-state index in [4.69, 9.17) is 12.2 Å². The van der Waals surface area contributed by atoms with Crippen molar-refractivity contribution in [3.63, 3.8) is 0 Å². The Kier molecular flexibility index (Phi) is 5.35. The highest BCUT2D eigenvalue weighted by atomic mass is 32.1. The molecule has 7 aliphatic rings. The van der Waals surface area contributed by atoms with Crippen molar-refractivity contribution in [3.8, 4) is 0 Å². The Hall–Kier alpha value is -1.04. The lowest BCUT2D eigenvalue weighted by atomic mass is 9.53. The smallest absolute Gasteiger partial charge is 0.315 e. The molecule has 0 aromatic rings. The number of carbonyl (C=O) groups is 1. The molecule has 2 heterocycles. The molecule has 0 aromatic heterocycles. The van der Waals surface area contributed by atoms with Crippen LogP contribution < -0.4 is 16.0 Å². The maximum Gasteiger partial charge on any atom is 0.315 e. The number of rotatable bonds is 3. The van der Waals surface area contributed by atoms with Crippen molar-refractivity contribution in [1.82, 2.24) is 20.9 Å². The third-order valence-electron chi connectivity index (χ3n) is 9.65. The summed E-state index contributed by atoms with van der Waals surface area (Å²) >= 11 is 5.86. The molecule has 6 heteroatoms. The van der Waals surface area contributed by atoms with Gasteiger partial charge in [-0.1, -0.05) is 19.3 Å². The van der Waals surface area contributed by atoms with Crippen molar-refractivity contribution < 1.29 is 4.79 Å². The van der Waals surface area contributed by atoms with Gasteiger partial charge in [0.15, 0.2) is 5.11 Å². The molecule has 0 spiro atoms. The van der Waals surface area contributed by atoms with E-state index in [1.165, 1.54) is 83.5 Å². The number of piperidine rings is 1. The Balaban J connectivity index is 1.03. The van der Waals surface area contributed by atoms with Gasteiger partial charge in [0, 0.05) is 29.7 Å². The zero-order chi connectivity index (χ0) is 21.0. The van der Waals surface area contributed by atoms with Gasteiger partial charge >= 0.3 is 6.03 Å². The predicted octanol–water partition coefficient (Wildman–Crippen LogP) is 4.46. The zero-order valence-electron chi connectivity index (χ0n) is 18.9. The fourth-order valence-electron chi connectivity index (χ4n) is 8.85. The van der Waals surface area contributed by atoms with Gasteiger partial charge in [0.25, 0.3) is 0 Å². The summed E-state index contributed by atoms with van der Waals surface area (Å²) in [6, 6.07) is 1.95. The Bertz CT molecular complexity index is 671. The molecule has 5 saturated carbocycles. The van der Waals surface area contributed by atoms with Gasteiger partial charge in [0.05, 0.1) is 0 Å². The molecule has 172 valence electrons. The second kappa shape index (κ2) is 8.07. The maximum atomic E-state index is 13.0. The van der Waals surface area contributed by atoms with Gasteiger partial charge in [0.1, 0.15) is 0 Å². The molecule has 3 atom stereocenters. The number of thiocarbonyl (C=S) groups is 1. The zero-order valence-corrected chi connectivity index (χ0v) is 19.7. The van der Waals surface area contributed by atoms with Crippen LogP contribution in [0.3, 0.4) is 0 Å². The highest BCUT2D eigenvalue weighted by Gasteiger charge is 2.52. The molecule has 5 aliphatic carbocycles. The number of fused-ring (bicyclic) bond motifs is 2. The van der Waals surface area contributed by atoms with Crippen molar-refractivity contribution in [2.24, 2.45) is 17.8 Å². The molecule has 0 radical (unpaired) electrons. The first-order valence-electron chi connectivity index (χ1n) is 13.2. The predicted molar refractivity (Wildman–Crippen MR) is 127 cm³/mol. The molecule has 3 N–H and O–H groups in total. The second-order valence-corrected chi connectivity index (χ2v) is 12.4. The highest BCUT2D eigenvalue weighted by Crippen LogP contribution is 2.55. The number of carbonyl (C=O) groups excluding carboxylic acids is 1. The van der Waals surface area contributed by atoms with Crippen LogP contribution in [0.15, 0.2) is 0 Å². The molecule has 5 nitrogen and oxygen atoms in total. The average Bonchev–Trinajstić information content (AvgIpc) is 2.98. The van der Waals surface area contributed by atoms with E-state index >= 15 is 0 Å². The van der Waals surface area contributed by atoms with Gasteiger partial charge in [-0.05, 0) is 107 Å². The Labute approximate surface area is 192 Å². The number of hydrogen-bond donors (Lipinski definition) is 3. The van der Waals surface area contributed by atoms with E-state index in [9.17, 15) is 4.79 Å². The largest absolute Gasteiger partial charge is 0.360 e. The summed E-state index contributed by atoms with van der Waals surface area (Å²) in [6.45, 7) is 0. The van der Waals surface area contributed by atoms with Crippen LogP contribution in [-0.2, 0) is 0 Å². The van der Waals surface area contributed by atoms with Crippen LogP contribution in [0.5, 0.6) is 0 Å². The Morgan fingerprint density at radius 1 is 0.742 bits per heavy atom. The fourth-order valence-corrected chi connectivity index (χ4v) is 9.31. The summed E-state index contributed by atoms with van der Waals surface area (Å²) < 4.78 is 0. The normalized spacial score (nSPS) is 43.7. The summed E-state index contributed by atoms with van der Waals surface area (Å²) in [5, 5.41) is 11.6.